The number of hydrogen-bond donors (Lipinski definition) is 2. The molecule has 0 radical (unpaired) electrons. The molecule has 124 valence electrons. The quantitative estimate of drug-likeness (QED) is 0.832. The lowest BCUT2D eigenvalue weighted by molar-refractivity contribution is -0.119. The van der Waals surface area contributed by atoms with Gasteiger partial charge in [-0.15, -0.1) is 11.3 Å². The standard InChI is InChI=1S/C19H19NO3S/c1-19(2,3)12-8-6-11(7-9-12)15-14(17(22)18(23)20-15)16(21)13-5-4-10-24-13/h4-10,15,22H,1-3H3,(H,20,23)/t15-/m0/s1. The smallest absolute Gasteiger partial charge is 0.287 e. The summed E-state index contributed by atoms with van der Waals surface area (Å²) in [5.74, 6) is -1.41. The van der Waals surface area contributed by atoms with Crippen LogP contribution in [-0.4, -0.2) is 16.8 Å². The summed E-state index contributed by atoms with van der Waals surface area (Å²) in [7, 11) is 0. The van der Waals surface area contributed by atoms with Gasteiger partial charge in [0.25, 0.3) is 5.91 Å². The van der Waals surface area contributed by atoms with Crippen molar-refractivity contribution in [1.29, 1.82) is 0 Å². The first-order chi connectivity index (χ1) is 11.3. The zero-order chi connectivity index (χ0) is 17.5. The lowest BCUT2D eigenvalue weighted by Crippen LogP contribution is -2.23. The van der Waals surface area contributed by atoms with Crippen LogP contribution < -0.4 is 5.32 Å². The summed E-state index contributed by atoms with van der Waals surface area (Å²) in [6, 6.07) is 10.6. The predicted octanol–water partition coefficient (Wildman–Crippen LogP) is 3.91. The van der Waals surface area contributed by atoms with Crippen LogP contribution in [0.3, 0.4) is 0 Å². The van der Waals surface area contributed by atoms with Crippen LogP contribution >= 0.6 is 11.3 Å². The maximum atomic E-state index is 12.7. The van der Waals surface area contributed by atoms with Crippen LogP contribution in [0.15, 0.2) is 53.1 Å². The molecule has 1 aromatic carbocycles. The molecule has 2 aromatic rings. The van der Waals surface area contributed by atoms with Crippen molar-refractivity contribution >= 4 is 23.0 Å². The van der Waals surface area contributed by atoms with Crippen LogP contribution in [-0.2, 0) is 10.2 Å². The zero-order valence-corrected chi connectivity index (χ0v) is 14.6. The number of Topliss-reactive ketones (excluding diaryl/α,β-unsaturated/α-hetero) is 1. The van der Waals surface area contributed by atoms with E-state index in [9.17, 15) is 14.7 Å². The molecule has 0 aliphatic carbocycles. The van der Waals surface area contributed by atoms with Gasteiger partial charge in [0.05, 0.1) is 16.5 Å². The predicted molar refractivity (Wildman–Crippen MR) is 94.3 cm³/mol. The summed E-state index contributed by atoms with van der Waals surface area (Å²) in [5.41, 5.74) is 2.08. The maximum Gasteiger partial charge on any atom is 0.287 e. The molecule has 0 saturated heterocycles. The fraction of sp³-hybridized carbons (Fsp3) is 0.263. The van der Waals surface area contributed by atoms with Crippen LogP contribution in [0.1, 0.15) is 47.6 Å². The number of ketones is 1. The molecule has 1 aliphatic heterocycles. The Labute approximate surface area is 144 Å². The summed E-state index contributed by atoms with van der Waals surface area (Å²) in [6.45, 7) is 6.37. The van der Waals surface area contributed by atoms with Gasteiger partial charge in [-0.3, -0.25) is 9.59 Å². The first-order valence-corrected chi connectivity index (χ1v) is 8.59. The number of hydrogen-bond acceptors (Lipinski definition) is 4. The van der Waals surface area contributed by atoms with Crippen molar-refractivity contribution in [3.63, 3.8) is 0 Å². The molecule has 24 heavy (non-hydrogen) atoms. The van der Waals surface area contributed by atoms with Gasteiger partial charge in [0.1, 0.15) is 0 Å². The Morgan fingerprint density at radius 1 is 1.17 bits per heavy atom. The Morgan fingerprint density at radius 3 is 2.38 bits per heavy atom. The van der Waals surface area contributed by atoms with E-state index < -0.39 is 17.7 Å². The summed E-state index contributed by atoms with van der Waals surface area (Å²) < 4.78 is 0. The van der Waals surface area contributed by atoms with E-state index in [0.29, 0.717) is 4.88 Å². The molecule has 5 heteroatoms. The lowest BCUT2D eigenvalue weighted by atomic mass is 9.85. The first kappa shape index (κ1) is 16.5. The third kappa shape index (κ3) is 2.87. The van der Waals surface area contributed by atoms with Gasteiger partial charge in [0.2, 0.25) is 5.78 Å². The number of thiophene rings is 1. The fourth-order valence-corrected chi connectivity index (χ4v) is 3.41. The van der Waals surface area contributed by atoms with Gasteiger partial charge in [-0.05, 0) is 28.0 Å². The van der Waals surface area contributed by atoms with Crippen LogP contribution in [0, 0.1) is 0 Å². The SMILES string of the molecule is CC(C)(C)c1ccc([C@@H]2NC(=O)C(O)=C2C(=O)c2cccs2)cc1. The topological polar surface area (TPSA) is 66.4 Å². The molecule has 2 N–H and O–H groups in total. The third-order valence-electron chi connectivity index (χ3n) is 4.13. The molecule has 1 aliphatic rings. The van der Waals surface area contributed by atoms with Crippen molar-refractivity contribution in [2.75, 3.05) is 0 Å². The summed E-state index contributed by atoms with van der Waals surface area (Å²) in [5, 5.41) is 14.6. The summed E-state index contributed by atoms with van der Waals surface area (Å²) in [6.07, 6.45) is 0. The Hall–Kier alpha value is -2.40. The van der Waals surface area contributed by atoms with E-state index in [4.69, 9.17) is 0 Å². The number of nitrogens with one attached hydrogen (secondary N) is 1. The van der Waals surface area contributed by atoms with Crippen molar-refractivity contribution in [3.8, 4) is 0 Å². The van der Waals surface area contributed by atoms with Gasteiger partial charge in [-0.25, -0.2) is 0 Å². The molecule has 0 fully saturated rings. The van der Waals surface area contributed by atoms with Crippen LogP contribution in [0.25, 0.3) is 0 Å². The molecule has 0 saturated carbocycles. The van der Waals surface area contributed by atoms with Crippen molar-refractivity contribution < 1.29 is 14.7 Å². The highest BCUT2D eigenvalue weighted by Gasteiger charge is 2.37. The van der Waals surface area contributed by atoms with Gasteiger partial charge in [-0.1, -0.05) is 51.1 Å². The Balaban J connectivity index is 1.98. The second kappa shape index (κ2) is 5.91. The summed E-state index contributed by atoms with van der Waals surface area (Å²) in [4.78, 5) is 25.1. The highest BCUT2D eigenvalue weighted by Crippen LogP contribution is 2.33. The van der Waals surface area contributed by atoms with Gasteiger partial charge in [0.15, 0.2) is 5.76 Å². The Kier molecular flexibility index (Phi) is 4.05. The Morgan fingerprint density at radius 2 is 1.83 bits per heavy atom. The van der Waals surface area contributed by atoms with Crippen molar-refractivity contribution in [1.82, 2.24) is 5.32 Å². The number of carbonyl (C=O) groups is 2. The monoisotopic (exact) mass is 341 g/mol. The molecular weight excluding hydrogens is 322 g/mol. The highest BCUT2D eigenvalue weighted by atomic mass is 32.1. The fourth-order valence-electron chi connectivity index (χ4n) is 2.74. The molecule has 1 atom stereocenters. The van der Waals surface area contributed by atoms with Gasteiger partial charge in [0, 0.05) is 0 Å². The van der Waals surface area contributed by atoms with E-state index in [1.165, 1.54) is 11.3 Å². The van der Waals surface area contributed by atoms with Gasteiger partial charge < -0.3 is 10.4 Å². The zero-order valence-electron chi connectivity index (χ0n) is 13.8. The van der Waals surface area contributed by atoms with Crippen molar-refractivity contribution in [2.45, 2.75) is 32.2 Å². The minimum Gasteiger partial charge on any atom is -0.503 e. The van der Waals surface area contributed by atoms with E-state index in [2.05, 4.69) is 26.1 Å². The van der Waals surface area contributed by atoms with E-state index in [1.807, 2.05) is 24.3 Å². The highest BCUT2D eigenvalue weighted by molar-refractivity contribution is 7.12. The average Bonchev–Trinajstić information content (AvgIpc) is 3.16. The largest absolute Gasteiger partial charge is 0.503 e. The van der Waals surface area contributed by atoms with Crippen molar-refractivity contribution in [3.05, 3.63) is 69.1 Å². The third-order valence-corrected chi connectivity index (χ3v) is 5.00. The molecule has 3 rings (SSSR count). The molecular formula is C19H19NO3S. The first-order valence-electron chi connectivity index (χ1n) is 7.71. The second-order valence-electron chi connectivity index (χ2n) is 6.85. The van der Waals surface area contributed by atoms with Crippen LogP contribution in [0.2, 0.25) is 0 Å². The number of benzene rings is 1. The normalized spacial score (nSPS) is 18.0. The molecule has 0 spiro atoms. The van der Waals surface area contributed by atoms with Gasteiger partial charge in [-0.2, -0.15) is 0 Å². The molecule has 4 nitrogen and oxygen atoms in total. The number of aliphatic hydroxyl groups is 1. The number of rotatable bonds is 3. The molecule has 0 bridgehead atoms. The minimum absolute atomic E-state index is 0.0189. The van der Waals surface area contributed by atoms with Crippen molar-refractivity contribution in [2.24, 2.45) is 0 Å². The molecule has 2 heterocycles. The number of carbonyl (C=O) groups excluding carboxylic acids is 2. The number of aliphatic hydroxyl groups excluding tert-OH is 1. The Bertz CT molecular complexity index is 811. The van der Waals surface area contributed by atoms with E-state index in [1.54, 1.807) is 17.5 Å². The van der Waals surface area contributed by atoms with Crippen LogP contribution in [0.4, 0.5) is 0 Å². The van der Waals surface area contributed by atoms with E-state index >= 15 is 0 Å². The van der Waals surface area contributed by atoms with E-state index in [0.717, 1.165) is 11.1 Å². The lowest BCUT2D eigenvalue weighted by Gasteiger charge is -2.20. The van der Waals surface area contributed by atoms with Gasteiger partial charge >= 0.3 is 0 Å². The van der Waals surface area contributed by atoms with E-state index in [-0.39, 0.29) is 16.8 Å². The van der Waals surface area contributed by atoms with Crippen LogP contribution in [0.5, 0.6) is 0 Å². The molecule has 1 aromatic heterocycles. The minimum atomic E-state index is -0.624. The second-order valence-corrected chi connectivity index (χ2v) is 7.79. The maximum absolute atomic E-state index is 12.7. The molecule has 0 unspecified atom stereocenters. The average molecular weight is 341 g/mol. The molecule has 1 amide bonds. The number of amides is 1. The summed E-state index contributed by atoms with van der Waals surface area (Å²) >= 11 is 1.29.